The van der Waals surface area contributed by atoms with Gasteiger partial charge in [-0.1, -0.05) is 36.8 Å². The molecule has 1 aromatic rings. The fraction of sp³-hybridized carbons (Fsp3) is 0.562. The number of amidine groups is 1. The molecule has 4 nitrogen and oxygen atoms in total. The van der Waals surface area contributed by atoms with Crippen LogP contribution in [0.25, 0.3) is 0 Å². The molecule has 2 atom stereocenters. The van der Waals surface area contributed by atoms with Crippen molar-refractivity contribution in [2.45, 2.75) is 37.6 Å². The Morgan fingerprint density at radius 2 is 2.10 bits per heavy atom. The average Bonchev–Trinajstić information content (AvgIpc) is 2.47. The molecule has 20 heavy (non-hydrogen) atoms. The van der Waals surface area contributed by atoms with E-state index in [9.17, 15) is 5.11 Å². The first-order chi connectivity index (χ1) is 9.72. The maximum Gasteiger partial charge on any atom is 0.0995 e. The highest BCUT2D eigenvalue weighted by Gasteiger charge is 2.26. The predicted molar refractivity (Wildman–Crippen MR) is 82.0 cm³/mol. The molecule has 1 aromatic carbocycles. The summed E-state index contributed by atoms with van der Waals surface area (Å²) in [4.78, 5) is 2.40. The third-order valence-electron chi connectivity index (χ3n) is 4.21. The van der Waals surface area contributed by atoms with Crippen LogP contribution in [0, 0.1) is 5.41 Å². The topological polar surface area (TPSA) is 73.3 Å². The first-order valence-corrected chi connectivity index (χ1v) is 7.46. The van der Waals surface area contributed by atoms with Crippen molar-refractivity contribution in [1.82, 2.24) is 4.90 Å². The first-order valence-electron chi connectivity index (χ1n) is 7.46. The summed E-state index contributed by atoms with van der Waals surface area (Å²) < 4.78 is 0. The fourth-order valence-electron chi connectivity index (χ4n) is 3.08. The van der Waals surface area contributed by atoms with Crippen LogP contribution in [0.4, 0.5) is 0 Å². The summed E-state index contributed by atoms with van der Waals surface area (Å²) in [5.41, 5.74) is 6.92. The number of hydrogen-bond acceptors (Lipinski definition) is 3. The van der Waals surface area contributed by atoms with E-state index in [1.165, 1.54) is 12.8 Å². The Balaban J connectivity index is 2.09. The molecule has 1 aliphatic heterocycles. The molecule has 1 heterocycles. The van der Waals surface area contributed by atoms with Crippen LogP contribution in [0.1, 0.15) is 37.2 Å². The zero-order chi connectivity index (χ0) is 14.4. The van der Waals surface area contributed by atoms with Crippen LogP contribution in [-0.4, -0.2) is 41.6 Å². The van der Waals surface area contributed by atoms with E-state index >= 15 is 0 Å². The molecule has 4 N–H and O–H groups in total. The maximum absolute atomic E-state index is 9.20. The predicted octanol–water partition coefficient (Wildman–Crippen LogP) is 1.94. The molecule has 1 aliphatic rings. The highest BCUT2D eigenvalue weighted by Crippen LogP contribution is 2.24. The van der Waals surface area contributed by atoms with Crippen molar-refractivity contribution in [3.63, 3.8) is 0 Å². The number of rotatable bonds is 6. The molecule has 0 amide bonds. The van der Waals surface area contributed by atoms with Crippen molar-refractivity contribution in [3.8, 4) is 0 Å². The summed E-state index contributed by atoms with van der Waals surface area (Å²) in [6, 6.07) is 10.5. The maximum atomic E-state index is 9.20. The summed E-state index contributed by atoms with van der Waals surface area (Å²) in [7, 11) is 0. The molecular weight excluding hydrogens is 250 g/mol. The highest BCUT2D eigenvalue weighted by atomic mass is 16.3. The van der Waals surface area contributed by atoms with Gasteiger partial charge in [-0.2, -0.15) is 0 Å². The smallest absolute Gasteiger partial charge is 0.0995 e. The Morgan fingerprint density at radius 1 is 1.35 bits per heavy atom. The van der Waals surface area contributed by atoms with Crippen LogP contribution < -0.4 is 5.73 Å². The Kier molecular flexibility index (Phi) is 5.56. The first kappa shape index (κ1) is 15.0. The van der Waals surface area contributed by atoms with Gasteiger partial charge in [0, 0.05) is 19.2 Å². The number of nitrogens with one attached hydrogen (secondary N) is 1. The Labute approximate surface area is 121 Å². The third kappa shape index (κ3) is 3.81. The summed E-state index contributed by atoms with van der Waals surface area (Å²) >= 11 is 0. The molecule has 1 saturated heterocycles. The van der Waals surface area contributed by atoms with Gasteiger partial charge >= 0.3 is 0 Å². The minimum atomic E-state index is -0.0458. The van der Waals surface area contributed by atoms with Gasteiger partial charge in [-0.05, 0) is 31.4 Å². The van der Waals surface area contributed by atoms with Gasteiger partial charge in [-0.15, -0.1) is 0 Å². The van der Waals surface area contributed by atoms with Crippen molar-refractivity contribution < 1.29 is 5.11 Å². The third-order valence-corrected chi connectivity index (χ3v) is 4.21. The number of piperidine rings is 1. The summed E-state index contributed by atoms with van der Waals surface area (Å²) in [5, 5.41) is 17.1. The lowest BCUT2D eigenvalue weighted by Gasteiger charge is -2.37. The van der Waals surface area contributed by atoms with Gasteiger partial charge in [-0.25, -0.2) is 0 Å². The Hall–Kier alpha value is -1.39. The van der Waals surface area contributed by atoms with Crippen LogP contribution in [0.2, 0.25) is 0 Å². The number of nitrogens with zero attached hydrogens (tertiary/aromatic N) is 1. The van der Waals surface area contributed by atoms with Crippen molar-refractivity contribution in [2.75, 3.05) is 19.7 Å². The van der Waals surface area contributed by atoms with Gasteiger partial charge in [0.25, 0.3) is 0 Å². The van der Waals surface area contributed by atoms with Crippen molar-refractivity contribution in [2.24, 2.45) is 5.73 Å². The number of benzene rings is 1. The number of hydrogen-bond donors (Lipinski definition) is 3. The zero-order valence-corrected chi connectivity index (χ0v) is 12.0. The van der Waals surface area contributed by atoms with Crippen LogP contribution in [0.3, 0.4) is 0 Å². The molecule has 0 bridgehead atoms. The molecule has 1 fully saturated rings. The monoisotopic (exact) mass is 275 g/mol. The zero-order valence-electron chi connectivity index (χ0n) is 12.0. The molecule has 110 valence electrons. The van der Waals surface area contributed by atoms with Crippen LogP contribution in [0.15, 0.2) is 30.3 Å². The van der Waals surface area contributed by atoms with Gasteiger partial charge in [0.2, 0.25) is 0 Å². The van der Waals surface area contributed by atoms with E-state index in [0.29, 0.717) is 6.04 Å². The molecule has 0 aliphatic carbocycles. The van der Waals surface area contributed by atoms with Gasteiger partial charge in [0.05, 0.1) is 11.8 Å². The van der Waals surface area contributed by atoms with Crippen molar-refractivity contribution >= 4 is 5.84 Å². The van der Waals surface area contributed by atoms with E-state index < -0.39 is 0 Å². The minimum absolute atomic E-state index is 0.0458. The van der Waals surface area contributed by atoms with Crippen LogP contribution in [0.5, 0.6) is 0 Å². The Bertz CT molecular complexity index is 419. The molecule has 0 aromatic heterocycles. The second-order valence-corrected chi connectivity index (χ2v) is 5.58. The molecule has 2 unspecified atom stereocenters. The summed E-state index contributed by atoms with van der Waals surface area (Å²) in [6.45, 7) is 2.06. The number of likely N-dealkylation sites (tertiary alicyclic amines) is 1. The molecule has 4 heteroatoms. The standard InChI is InChI=1S/C16H25N3O/c17-16(18)15(13-6-2-1-3-7-13)12-19-10-5-4-8-14(19)9-11-20/h1-3,6-7,14-15,20H,4-5,8-12H2,(H3,17,18). The van der Waals surface area contributed by atoms with Gasteiger partial charge in [-0.3, -0.25) is 10.3 Å². The lowest BCUT2D eigenvalue weighted by molar-refractivity contribution is 0.118. The SMILES string of the molecule is N=C(N)C(CN1CCCCC1CCO)c1ccccc1. The van der Waals surface area contributed by atoms with Crippen LogP contribution in [-0.2, 0) is 0 Å². The van der Waals surface area contributed by atoms with Gasteiger partial charge in [0.1, 0.15) is 0 Å². The molecule has 0 spiro atoms. The largest absolute Gasteiger partial charge is 0.396 e. The number of nitrogens with two attached hydrogens (primary N) is 1. The van der Waals surface area contributed by atoms with E-state index in [0.717, 1.165) is 31.5 Å². The second-order valence-electron chi connectivity index (χ2n) is 5.58. The lowest BCUT2D eigenvalue weighted by atomic mass is 9.93. The molecule has 0 radical (unpaired) electrons. The normalized spacial score (nSPS) is 21.6. The minimum Gasteiger partial charge on any atom is -0.396 e. The van der Waals surface area contributed by atoms with Crippen LogP contribution >= 0.6 is 0 Å². The van der Waals surface area contributed by atoms with Gasteiger partial charge < -0.3 is 10.8 Å². The van der Waals surface area contributed by atoms with E-state index in [1.807, 2.05) is 30.3 Å². The van der Waals surface area contributed by atoms with E-state index in [2.05, 4.69) is 4.90 Å². The fourth-order valence-corrected chi connectivity index (χ4v) is 3.08. The summed E-state index contributed by atoms with van der Waals surface area (Å²) in [5.74, 6) is 0.181. The van der Waals surface area contributed by atoms with Gasteiger partial charge in [0.15, 0.2) is 0 Å². The number of aliphatic hydroxyl groups is 1. The van der Waals surface area contributed by atoms with E-state index in [4.69, 9.17) is 11.1 Å². The molecular formula is C16H25N3O. The lowest BCUT2D eigenvalue weighted by Crippen LogP contribution is -2.44. The highest BCUT2D eigenvalue weighted by molar-refractivity contribution is 5.84. The van der Waals surface area contributed by atoms with E-state index in [-0.39, 0.29) is 18.4 Å². The van der Waals surface area contributed by atoms with Crippen molar-refractivity contribution in [1.29, 1.82) is 5.41 Å². The second kappa shape index (κ2) is 7.41. The Morgan fingerprint density at radius 3 is 2.75 bits per heavy atom. The molecule has 0 saturated carbocycles. The molecule has 2 rings (SSSR count). The van der Waals surface area contributed by atoms with Crippen molar-refractivity contribution in [3.05, 3.63) is 35.9 Å². The average molecular weight is 275 g/mol. The summed E-state index contributed by atoms with van der Waals surface area (Å²) in [6.07, 6.45) is 4.39. The quantitative estimate of drug-likeness (QED) is 0.549. The number of aliphatic hydroxyl groups excluding tert-OH is 1. The van der Waals surface area contributed by atoms with E-state index in [1.54, 1.807) is 0 Å².